The van der Waals surface area contributed by atoms with Gasteiger partial charge in [-0.15, -0.1) is 0 Å². The van der Waals surface area contributed by atoms with Crippen molar-refractivity contribution in [1.82, 2.24) is 4.90 Å². The topological polar surface area (TPSA) is 70.8 Å². The highest BCUT2D eigenvalue weighted by atomic mass is 16.4. The first-order valence-corrected chi connectivity index (χ1v) is 5.61. The molecular formula is C12H17NO4. The number of furan rings is 1. The molecular weight excluding hydrogens is 222 g/mol. The van der Waals surface area contributed by atoms with Gasteiger partial charge in [0.2, 0.25) is 0 Å². The molecule has 1 amide bonds. The average molecular weight is 239 g/mol. The maximum absolute atomic E-state index is 12.1. The molecule has 1 N–H and O–H groups in total. The van der Waals surface area contributed by atoms with E-state index in [4.69, 9.17) is 9.52 Å². The smallest absolute Gasteiger partial charge is 0.305 e. The Balaban J connectivity index is 2.73. The zero-order valence-corrected chi connectivity index (χ0v) is 10.1. The molecule has 0 aliphatic heterocycles. The molecule has 0 spiro atoms. The average Bonchev–Trinajstić information content (AvgIpc) is 2.69. The van der Waals surface area contributed by atoms with E-state index < -0.39 is 5.97 Å². The summed E-state index contributed by atoms with van der Waals surface area (Å²) in [4.78, 5) is 24.2. The Bertz CT molecular complexity index is 397. The maximum Gasteiger partial charge on any atom is 0.305 e. The Morgan fingerprint density at radius 3 is 2.59 bits per heavy atom. The van der Waals surface area contributed by atoms with Gasteiger partial charge in [0, 0.05) is 13.1 Å². The van der Waals surface area contributed by atoms with E-state index in [-0.39, 0.29) is 18.9 Å². The van der Waals surface area contributed by atoms with E-state index in [0.29, 0.717) is 17.9 Å². The van der Waals surface area contributed by atoms with Crippen molar-refractivity contribution in [2.24, 2.45) is 0 Å². The third-order valence-corrected chi connectivity index (χ3v) is 2.47. The molecule has 1 heterocycles. The second-order valence-corrected chi connectivity index (χ2v) is 3.83. The van der Waals surface area contributed by atoms with Crippen molar-refractivity contribution in [2.45, 2.75) is 26.7 Å². The van der Waals surface area contributed by atoms with Gasteiger partial charge >= 0.3 is 5.97 Å². The molecule has 0 saturated heterocycles. The van der Waals surface area contributed by atoms with Crippen molar-refractivity contribution in [3.8, 4) is 0 Å². The van der Waals surface area contributed by atoms with Crippen molar-refractivity contribution in [2.75, 3.05) is 13.1 Å². The minimum Gasteiger partial charge on any atom is -0.481 e. The molecule has 0 radical (unpaired) electrons. The van der Waals surface area contributed by atoms with Crippen LogP contribution in [0.3, 0.4) is 0 Å². The van der Waals surface area contributed by atoms with Crippen LogP contribution in [0.4, 0.5) is 0 Å². The Kier molecular flexibility index (Phi) is 4.75. The predicted octanol–water partition coefficient (Wildman–Crippen LogP) is 1.91. The summed E-state index contributed by atoms with van der Waals surface area (Å²) in [5.74, 6) is -0.506. The molecule has 5 heteroatoms. The van der Waals surface area contributed by atoms with E-state index in [0.717, 1.165) is 6.42 Å². The molecule has 1 rings (SSSR count). The number of nitrogens with zero attached hydrogens (tertiary/aromatic N) is 1. The fourth-order valence-corrected chi connectivity index (χ4v) is 1.59. The summed E-state index contributed by atoms with van der Waals surface area (Å²) < 4.78 is 5.08. The fourth-order valence-electron chi connectivity index (χ4n) is 1.59. The summed E-state index contributed by atoms with van der Waals surface area (Å²) in [7, 11) is 0. The van der Waals surface area contributed by atoms with Gasteiger partial charge < -0.3 is 14.4 Å². The van der Waals surface area contributed by atoms with Crippen molar-refractivity contribution in [1.29, 1.82) is 0 Å². The minimum absolute atomic E-state index is 0.0390. The number of aliphatic carboxylic acids is 1. The van der Waals surface area contributed by atoms with Crippen LogP contribution in [-0.2, 0) is 4.79 Å². The van der Waals surface area contributed by atoms with Gasteiger partial charge in [-0.05, 0) is 19.4 Å². The third-order valence-electron chi connectivity index (χ3n) is 2.47. The van der Waals surface area contributed by atoms with Gasteiger partial charge in [0.15, 0.2) is 0 Å². The van der Waals surface area contributed by atoms with Crippen LogP contribution in [0.2, 0.25) is 0 Å². The van der Waals surface area contributed by atoms with Gasteiger partial charge in [-0.25, -0.2) is 0 Å². The Labute approximate surface area is 100 Å². The second-order valence-electron chi connectivity index (χ2n) is 3.83. The summed E-state index contributed by atoms with van der Waals surface area (Å²) in [5.41, 5.74) is 0.504. The molecule has 1 aromatic heterocycles. The number of amides is 1. The lowest BCUT2D eigenvalue weighted by atomic mass is 10.2. The highest BCUT2D eigenvalue weighted by molar-refractivity contribution is 5.95. The molecule has 0 atom stereocenters. The van der Waals surface area contributed by atoms with Crippen molar-refractivity contribution >= 4 is 11.9 Å². The van der Waals surface area contributed by atoms with Crippen molar-refractivity contribution in [3.05, 3.63) is 23.7 Å². The van der Waals surface area contributed by atoms with E-state index in [2.05, 4.69) is 0 Å². The van der Waals surface area contributed by atoms with Crippen molar-refractivity contribution < 1.29 is 19.1 Å². The van der Waals surface area contributed by atoms with Gasteiger partial charge in [-0.3, -0.25) is 9.59 Å². The molecule has 5 nitrogen and oxygen atoms in total. The number of carbonyl (C=O) groups excluding carboxylic acids is 1. The lowest BCUT2D eigenvalue weighted by Gasteiger charge is -2.20. The minimum atomic E-state index is -0.900. The molecule has 0 fully saturated rings. The first-order chi connectivity index (χ1) is 8.06. The molecule has 17 heavy (non-hydrogen) atoms. The highest BCUT2D eigenvalue weighted by Crippen LogP contribution is 2.12. The van der Waals surface area contributed by atoms with Gasteiger partial charge in [0.25, 0.3) is 5.91 Å². The number of hydrogen-bond donors (Lipinski definition) is 1. The number of carboxylic acid groups (broad SMARTS) is 1. The fraction of sp³-hybridized carbons (Fsp3) is 0.500. The molecule has 0 bridgehead atoms. The number of aryl methyl sites for hydroxylation is 1. The van der Waals surface area contributed by atoms with Gasteiger partial charge in [-0.2, -0.15) is 0 Å². The van der Waals surface area contributed by atoms with Crippen LogP contribution in [0.5, 0.6) is 0 Å². The standard InChI is InChI=1S/C12H17NO4/c1-3-6-13(7-4-11(14)15)12(16)10-5-8-17-9(10)2/h5,8H,3-4,6-7H2,1-2H3,(H,14,15). The van der Waals surface area contributed by atoms with E-state index in [1.54, 1.807) is 17.9 Å². The summed E-state index contributed by atoms with van der Waals surface area (Å²) in [5, 5.41) is 8.64. The number of carbonyl (C=O) groups is 2. The lowest BCUT2D eigenvalue weighted by Crippen LogP contribution is -2.33. The van der Waals surface area contributed by atoms with Crippen LogP contribution < -0.4 is 0 Å². The van der Waals surface area contributed by atoms with E-state index in [9.17, 15) is 9.59 Å². The normalized spacial score (nSPS) is 10.2. The molecule has 1 aromatic rings. The summed E-state index contributed by atoms with van der Waals surface area (Å²) >= 11 is 0. The van der Waals surface area contributed by atoms with Gasteiger partial charge in [0.1, 0.15) is 5.76 Å². The number of hydrogen-bond acceptors (Lipinski definition) is 3. The zero-order valence-electron chi connectivity index (χ0n) is 10.1. The van der Waals surface area contributed by atoms with E-state index in [1.165, 1.54) is 6.26 Å². The van der Waals surface area contributed by atoms with Gasteiger partial charge in [0.05, 0.1) is 18.2 Å². The summed E-state index contributed by atoms with van der Waals surface area (Å²) in [6.45, 7) is 4.45. The van der Waals surface area contributed by atoms with Crippen LogP contribution in [0.25, 0.3) is 0 Å². The summed E-state index contributed by atoms with van der Waals surface area (Å²) in [6.07, 6.45) is 2.22. The number of carboxylic acids is 1. The quantitative estimate of drug-likeness (QED) is 0.823. The largest absolute Gasteiger partial charge is 0.481 e. The molecule has 0 aliphatic carbocycles. The molecule has 94 valence electrons. The Morgan fingerprint density at radius 1 is 1.41 bits per heavy atom. The van der Waals surface area contributed by atoms with Crippen molar-refractivity contribution in [3.63, 3.8) is 0 Å². The van der Waals surface area contributed by atoms with Crippen LogP contribution in [0, 0.1) is 6.92 Å². The zero-order chi connectivity index (χ0) is 12.8. The van der Waals surface area contributed by atoms with Crippen LogP contribution in [0.1, 0.15) is 35.9 Å². The molecule has 0 aliphatic rings. The van der Waals surface area contributed by atoms with Crippen LogP contribution in [0.15, 0.2) is 16.7 Å². The SMILES string of the molecule is CCCN(CCC(=O)O)C(=O)c1ccoc1C. The highest BCUT2D eigenvalue weighted by Gasteiger charge is 2.19. The molecule has 0 saturated carbocycles. The first kappa shape index (κ1) is 13.3. The Hall–Kier alpha value is -1.78. The van der Waals surface area contributed by atoms with Gasteiger partial charge in [-0.1, -0.05) is 6.92 Å². The van der Waals surface area contributed by atoms with E-state index in [1.807, 2.05) is 6.92 Å². The first-order valence-electron chi connectivity index (χ1n) is 5.61. The Morgan fingerprint density at radius 2 is 2.12 bits per heavy atom. The van der Waals surface area contributed by atoms with E-state index >= 15 is 0 Å². The predicted molar refractivity (Wildman–Crippen MR) is 61.9 cm³/mol. The second kappa shape index (κ2) is 6.08. The van der Waals surface area contributed by atoms with Crippen LogP contribution >= 0.6 is 0 Å². The third kappa shape index (κ3) is 3.62. The monoisotopic (exact) mass is 239 g/mol. The number of rotatable bonds is 6. The summed E-state index contributed by atoms with van der Waals surface area (Å²) in [6, 6.07) is 1.61. The molecule has 0 unspecified atom stereocenters. The maximum atomic E-state index is 12.1. The van der Waals surface area contributed by atoms with Crippen LogP contribution in [-0.4, -0.2) is 35.0 Å². The lowest BCUT2D eigenvalue weighted by molar-refractivity contribution is -0.137. The molecule has 0 aromatic carbocycles.